The second-order valence-electron chi connectivity index (χ2n) is 3.82. The molecule has 0 aromatic rings. The third-order valence-corrected chi connectivity index (χ3v) is 2.32. The van der Waals surface area contributed by atoms with Crippen LogP contribution in [0.1, 0.15) is 20.8 Å². The minimum atomic E-state index is 0.0546. The first kappa shape index (κ1) is 11.0. The van der Waals surface area contributed by atoms with Crippen LogP contribution in [-0.2, 0) is 4.79 Å². The van der Waals surface area contributed by atoms with Crippen LogP contribution in [0, 0.1) is 0 Å². The van der Waals surface area contributed by atoms with E-state index in [1.807, 2.05) is 26.8 Å². The average molecular weight is 194 g/mol. The molecule has 0 aromatic heterocycles. The number of hydrogen-bond acceptors (Lipinski definition) is 2. The Bertz CT molecular complexity index is 280. The van der Waals surface area contributed by atoms with E-state index >= 15 is 0 Å². The second-order valence-corrected chi connectivity index (χ2v) is 3.82. The minimum Gasteiger partial charge on any atom is -0.349 e. The summed E-state index contributed by atoms with van der Waals surface area (Å²) in [4.78, 5) is 11.5. The zero-order valence-electron chi connectivity index (χ0n) is 9.11. The van der Waals surface area contributed by atoms with Gasteiger partial charge in [0.2, 0.25) is 5.91 Å². The molecule has 1 fully saturated rings. The van der Waals surface area contributed by atoms with Gasteiger partial charge in [0.25, 0.3) is 0 Å². The van der Waals surface area contributed by atoms with Gasteiger partial charge < -0.3 is 10.6 Å². The maximum absolute atomic E-state index is 11.5. The first-order valence-electron chi connectivity index (χ1n) is 4.92. The molecule has 1 saturated heterocycles. The number of rotatable bonds is 3. The molecule has 0 unspecified atom stereocenters. The smallest absolute Gasteiger partial charge is 0.247 e. The molecular formula is C11H18N2O. The van der Waals surface area contributed by atoms with Crippen molar-refractivity contribution in [2.24, 2.45) is 0 Å². The number of nitrogens with one attached hydrogen (secondary N) is 2. The van der Waals surface area contributed by atoms with Gasteiger partial charge in [-0.2, -0.15) is 0 Å². The summed E-state index contributed by atoms with van der Waals surface area (Å²) in [6, 6.07) is 0. The van der Waals surface area contributed by atoms with E-state index in [2.05, 4.69) is 10.6 Å². The normalized spacial score (nSPS) is 14.4. The Hall–Kier alpha value is -1.09. The summed E-state index contributed by atoms with van der Waals surface area (Å²) < 4.78 is 0. The van der Waals surface area contributed by atoms with E-state index < -0.39 is 0 Å². The SMILES string of the molecule is CC(C)=CCNC(=O)C(C)=C1CNC1. The van der Waals surface area contributed by atoms with Crippen LogP contribution in [0.2, 0.25) is 0 Å². The van der Waals surface area contributed by atoms with Gasteiger partial charge in [-0.1, -0.05) is 11.6 Å². The molecule has 1 rings (SSSR count). The molecule has 0 saturated carbocycles. The lowest BCUT2D eigenvalue weighted by atomic mass is 10.0. The van der Waals surface area contributed by atoms with Crippen molar-refractivity contribution in [1.82, 2.24) is 10.6 Å². The van der Waals surface area contributed by atoms with E-state index in [1.54, 1.807) is 0 Å². The monoisotopic (exact) mass is 194 g/mol. The molecule has 0 aliphatic carbocycles. The largest absolute Gasteiger partial charge is 0.349 e. The van der Waals surface area contributed by atoms with Gasteiger partial charge in [-0.05, 0) is 26.3 Å². The molecule has 14 heavy (non-hydrogen) atoms. The van der Waals surface area contributed by atoms with Crippen LogP contribution >= 0.6 is 0 Å². The van der Waals surface area contributed by atoms with Crippen LogP contribution in [0.3, 0.4) is 0 Å². The van der Waals surface area contributed by atoms with Crippen molar-refractivity contribution in [3.63, 3.8) is 0 Å². The molecule has 1 aliphatic rings. The van der Waals surface area contributed by atoms with Crippen LogP contribution in [0.15, 0.2) is 22.8 Å². The zero-order valence-corrected chi connectivity index (χ0v) is 9.11. The highest BCUT2D eigenvalue weighted by Crippen LogP contribution is 2.08. The molecule has 0 bridgehead atoms. The lowest BCUT2D eigenvalue weighted by Crippen LogP contribution is -2.37. The van der Waals surface area contributed by atoms with Gasteiger partial charge in [0.05, 0.1) is 0 Å². The fraction of sp³-hybridized carbons (Fsp3) is 0.545. The van der Waals surface area contributed by atoms with Crippen LogP contribution in [0.25, 0.3) is 0 Å². The fourth-order valence-electron chi connectivity index (χ4n) is 1.16. The summed E-state index contributed by atoms with van der Waals surface area (Å²) >= 11 is 0. The summed E-state index contributed by atoms with van der Waals surface area (Å²) in [6.45, 7) is 8.28. The number of allylic oxidation sites excluding steroid dienone is 1. The van der Waals surface area contributed by atoms with Crippen LogP contribution in [0.4, 0.5) is 0 Å². The third-order valence-electron chi connectivity index (χ3n) is 2.32. The van der Waals surface area contributed by atoms with E-state index in [4.69, 9.17) is 0 Å². The van der Waals surface area contributed by atoms with Gasteiger partial charge in [0.15, 0.2) is 0 Å². The molecule has 0 aromatic carbocycles. The lowest BCUT2D eigenvalue weighted by molar-refractivity contribution is -0.117. The van der Waals surface area contributed by atoms with E-state index in [1.165, 1.54) is 11.1 Å². The molecule has 0 radical (unpaired) electrons. The maximum Gasteiger partial charge on any atom is 0.247 e. The Kier molecular flexibility index (Phi) is 3.89. The topological polar surface area (TPSA) is 41.1 Å². The molecule has 1 amide bonds. The predicted molar refractivity (Wildman–Crippen MR) is 58.0 cm³/mol. The first-order chi connectivity index (χ1) is 6.61. The summed E-state index contributed by atoms with van der Waals surface area (Å²) in [7, 11) is 0. The van der Waals surface area contributed by atoms with E-state index in [9.17, 15) is 4.79 Å². The van der Waals surface area contributed by atoms with E-state index in [-0.39, 0.29) is 5.91 Å². The van der Waals surface area contributed by atoms with E-state index in [0.29, 0.717) is 6.54 Å². The Morgan fingerprint density at radius 1 is 1.43 bits per heavy atom. The first-order valence-corrected chi connectivity index (χ1v) is 4.92. The summed E-state index contributed by atoms with van der Waals surface area (Å²) in [5.41, 5.74) is 3.31. The van der Waals surface area contributed by atoms with Crippen molar-refractivity contribution in [1.29, 1.82) is 0 Å². The Labute approximate surface area is 85.3 Å². The Morgan fingerprint density at radius 2 is 2.07 bits per heavy atom. The van der Waals surface area contributed by atoms with Crippen molar-refractivity contribution in [2.75, 3.05) is 19.6 Å². The zero-order chi connectivity index (χ0) is 10.6. The van der Waals surface area contributed by atoms with Gasteiger partial charge in [0.1, 0.15) is 0 Å². The number of hydrogen-bond donors (Lipinski definition) is 2. The van der Waals surface area contributed by atoms with Gasteiger partial charge in [-0.25, -0.2) is 0 Å². The van der Waals surface area contributed by atoms with Crippen molar-refractivity contribution >= 4 is 5.91 Å². The molecule has 3 nitrogen and oxygen atoms in total. The summed E-state index contributed by atoms with van der Waals surface area (Å²) in [5, 5.41) is 5.98. The average Bonchev–Trinajstić information content (AvgIpc) is 2.00. The van der Waals surface area contributed by atoms with Crippen molar-refractivity contribution in [3.05, 3.63) is 22.8 Å². The number of amides is 1. The summed E-state index contributed by atoms with van der Waals surface area (Å²) in [5.74, 6) is 0.0546. The van der Waals surface area contributed by atoms with Gasteiger partial charge in [0, 0.05) is 25.2 Å². The molecular weight excluding hydrogens is 176 g/mol. The van der Waals surface area contributed by atoms with Gasteiger partial charge in [-0.15, -0.1) is 0 Å². The molecule has 0 spiro atoms. The van der Waals surface area contributed by atoms with Gasteiger partial charge in [-0.3, -0.25) is 4.79 Å². The highest BCUT2D eigenvalue weighted by Gasteiger charge is 2.14. The minimum absolute atomic E-state index is 0.0546. The Balaban J connectivity index is 2.38. The quantitative estimate of drug-likeness (QED) is 0.519. The molecule has 78 valence electrons. The van der Waals surface area contributed by atoms with Crippen LogP contribution < -0.4 is 10.6 Å². The molecule has 2 N–H and O–H groups in total. The van der Waals surface area contributed by atoms with Crippen molar-refractivity contribution in [2.45, 2.75) is 20.8 Å². The van der Waals surface area contributed by atoms with Crippen LogP contribution in [0.5, 0.6) is 0 Å². The lowest BCUT2D eigenvalue weighted by Gasteiger charge is -2.21. The number of carbonyl (C=O) groups excluding carboxylic acids is 1. The molecule has 1 aliphatic heterocycles. The standard InChI is InChI=1S/C11H18N2O/c1-8(2)4-5-13-11(14)9(3)10-6-12-7-10/h4,12H,5-7H2,1-3H3,(H,13,14). The fourth-order valence-corrected chi connectivity index (χ4v) is 1.16. The predicted octanol–water partition coefficient (Wildman–Crippen LogP) is 0.988. The van der Waals surface area contributed by atoms with Gasteiger partial charge >= 0.3 is 0 Å². The molecule has 1 heterocycles. The third kappa shape index (κ3) is 3.00. The Morgan fingerprint density at radius 3 is 2.50 bits per heavy atom. The van der Waals surface area contributed by atoms with E-state index in [0.717, 1.165) is 18.7 Å². The highest BCUT2D eigenvalue weighted by molar-refractivity contribution is 5.94. The van der Waals surface area contributed by atoms with Crippen molar-refractivity contribution in [3.8, 4) is 0 Å². The van der Waals surface area contributed by atoms with Crippen LogP contribution in [-0.4, -0.2) is 25.5 Å². The highest BCUT2D eigenvalue weighted by atomic mass is 16.1. The van der Waals surface area contributed by atoms with Crippen molar-refractivity contribution < 1.29 is 4.79 Å². The molecule has 0 atom stereocenters. The molecule has 3 heteroatoms. The summed E-state index contributed by atoms with van der Waals surface area (Å²) in [6.07, 6.45) is 2.01. The maximum atomic E-state index is 11.5. The second kappa shape index (κ2) is 4.96. The number of carbonyl (C=O) groups is 1.